The van der Waals surface area contributed by atoms with Crippen LogP contribution in [-0.2, 0) is 6.61 Å². The number of nitrogens with two attached hydrogens (primary N) is 1. The number of likely N-dealkylation sites (N-methyl/N-ethyl adjacent to an activating group) is 1. The third-order valence-electron chi connectivity index (χ3n) is 4.79. The number of unbranched alkanes of at least 4 members (excludes halogenated alkanes) is 1. The van der Waals surface area contributed by atoms with Gasteiger partial charge in [0.25, 0.3) is 5.88 Å². The zero-order valence-corrected chi connectivity index (χ0v) is 19.8. The largest absolute Gasteiger partial charge is 0.469 e. The molecule has 3 amide bonds. The number of aromatic nitrogens is 1. The van der Waals surface area contributed by atoms with E-state index in [-0.39, 0.29) is 34.4 Å². The van der Waals surface area contributed by atoms with Crippen molar-refractivity contribution >= 4 is 28.7 Å². The average molecular weight is 502 g/mol. The van der Waals surface area contributed by atoms with Gasteiger partial charge in [-0.3, -0.25) is 5.32 Å². The smallest absolute Gasteiger partial charge is 0.410 e. The van der Waals surface area contributed by atoms with Crippen molar-refractivity contribution < 1.29 is 33.0 Å². The molecule has 1 aromatic carbocycles. The number of hydrogen-bond donors (Lipinski definition) is 4. The summed E-state index contributed by atoms with van der Waals surface area (Å²) in [6.45, 7) is 5.79. The fourth-order valence-corrected chi connectivity index (χ4v) is 3.61. The maximum absolute atomic E-state index is 14.0. The molecule has 0 aliphatic carbocycles. The van der Waals surface area contributed by atoms with Gasteiger partial charge in [0.15, 0.2) is 5.00 Å². The average Bonchev–Trinajstić information content (AvgIpc) is 3.14. The molecule has 0 unspecified atom stereocenters. The van der Waals surface area contributed by atoms with E-state index in [1.54, 1.807) is 0 Å². The number of urea groups is 1. The van der Waals surface area contributed by atoms with Crippen molar-refractivity contribution in [2.24, 2.45) is 5.73 Å². The lowest BCUT2D eigenvalue weighted by atomic mass is 10.1. The van der Waals surface area contributed by atoms with Crippen LogP contribution >= 0.6 is 11.5 Å². The summed E-state index contributed by atoms with van der Waals surface area (Å²) in [6, 6.07) is 1.49. The highest BCUT2D eigenvalue weighted by molar-refractivity contribution is 7.11. The van der Waals surface area contributed by atoms with Crippen LogP contribution in [0.2, 0.25) is 0 Å². The molecule has 13 heteroatoms. The zero-order valence-electron chi connectivity index (χ0n) is 19.0. The third kappa shape index (κ3) is 8.39. The van der Waals surface area contributed by atoms with Crippen molar-refractivity contribution in [2.75, 3.05) is 38.1 Å². The molecule has 2 rings (SSSR count). The molecule has 0 radical (unpaired) electrons. The van der Waals surface area contributed by atoms with Crippen LogP contribution in [0.5, 0.6) is 11.6 Å². The van der Waals surface area contributed by atoms with E-state index < -0.39 is 30.4 Å². The van der Waals surface area contributed by atoms with Gasteiger partial charge in [-0.05, 0) is 62.1 Å². The number of hydrogen-bond acceptors (Lipinski definition) is 8. The number of aliphatic hydroxyl groups is 1. The molecular weight excluding hydrogens is 472 g/mol. The van der Waals surface area contributed by atoms with E-state index in [0.29, 0.717) is 13.1 Å². The molecule has 0 saturated heterocycles. The summed E-state index contributed by atoms with van der Waals surface area (Å²) >= 11 is 0.770. The molecule has 34 heavy (non-hydrogen) atoms. The maximum Gasteiger partial charge on any atom is 0.410 e. The fourth-order valence-electron chi connectivity index (χ4n) is 2.95. The first-order chi connectivity index (χ1) is 16.2. The highest BCUT2D eigenvalue weighted by Gasteiger charge is 2.22. The van der Waals surface area contributed by atoms with Crippen LogP contribution in [0.25, 0.3) is 0 Å². The molecule has 5 N–H and O–H groups in total. The lowest BCUT2D eigenvalue weighted by Gasteiger charge is -2.18. The topological polar surface area (TPSA) is 139 Å². The minimum Gasteiger partial charge on any atom is -0.469 e. The molecule has 0 bridgehead atoms. The number of rotatable bonds is 13. The van der Waals surface area contributed by atoms with E-state index in [1.165, 1.54) is 6.92 Å². The summed E-state index contributed by atoms with van der Waals surface area (Å²) in [5.74, 6) is -1.70. The number of ether oxygens (including phenoxy) is 2. The molecule has 0 spiro atoms. The Balaban J connectivity index is 1.93. The van der Waals surface area contributed by atoms with E-state index in [4.69, 9.17) is 20.3 Å². The Morgan fingerprint density at radius 1 is 1.24 bits per heavy atom. The number of aryl methyl sites for hydroxylation is 1. The molecule has 2 aromatic rings. The number of halogens is 2. The van der Waals surface area contributed by atoms with Crippen LogP contribution in [-0.4, -0.2) is 59.3 Å². The van der Waals surface area contributed by atoms with Crippen LogP contribution < -0.4 is 25.8 Å². The van der Waals surface area contributed by atoms with Crippen molar-refractivity contribution in [1.29, 1.82) is 0 Å². The zero-order chi connectivity index (χ0) is 25.1. The molecule has 0 saturated carbocycles. The third-order valence-corrected chi connectivity index (χ3v) is 5.52. The number of amides is 3. The molecule has 0 aliphatic rings. The molecule has 0 fully saturated rings. The first kappa shape index (κ1) is 27.2. The van der Waals surface area contributed by atoms with Gasteiger partial charge in [0.2, 0.25) is 5.75 Å². The van der Waals surface area contributed by atoms with Gasteiger partial charge in [-0.1, -0.05) is 6.92 Å². The van der Waals surface area contributed by atoms with Gasteiger partial charge in [-0.25, -0.2) is 18.4 Å². The highest BCUT2D eigenvalue weighted by atomic mass is 32.1. The van der Waals surface area contributed by atoms with Gasteiger partial charge < -0.3 is 30.5 Å². The van der Waals surface area contributed by atoms with E-state index in [2.05, 4.69) is 19.9 Å². The Kier molecular flexibility index (Phi) is 10.9. The number of benzene rings is 1. The van der Waals surface area contributed by atoms with Crippen molar-refractivity contribution in [3.05, 3.63) is 34.9 Å². The number of primary amides is 1. The first-order valence-electron chi connectivity index (χ1n) is 10.7. The van der Waals surface area contributed by atoms with Gasteiger partial charge >= 0.3 is 12.1 Å². The number of nitrogens with zero attached hydrogens (tertiary/aromatic N) is 2. The van der Waals surface area contributed by atoms with Crippen molar-refractivity contribution in [3.63, 3.8) is 0 Å². The molecule has 0 atom stereocenters. The predicted octanol–water partition coefficient (Wildman–Crippen LogP) is 2.98. The Bertz CT molecular complexity index is 975. The second-order valence-electron chi connectivity index (χ2n) is 7.29. The van der Waals surface area contributed by atoms with Crippen LogP contribution in [0.4, 0.5) is 23.4 Å². The monoisotopic (exact) mass is 501 g/mol. The Morgan fingerprint density at radius 3 is 2.68 bits per heavy atom. The van der Waals surface area contributed by atoms with Crippen LogP contribution in [0.15, 0.2) is 12.1 Å². The van der Waals surface area contributed by atoms with E-state index in [1.807, 2.05) is 6.92 Å². The summed E-state index contributed by atoms with van der Waals surface area (Å²) in [5.41, 5.74) is 5.18. The Morgan fingerprint density at radius 2 is 2.00 bits per heavy atom. The Hall–Kier alpha value is -3.03. The van der Waals surface area contributed by atoms with Gasteiger partial charge in [-0.15, -0.1) is 4.37 Å². The van der Waals surface area contributed by atoms with Crippen molar-refractivity contribution in [1.82, 2.24) is 14.6 Å². The Labute approximate surface area is 200 Å². The van der Waals surface area contributed by atoms with Crippen molar-refractivity contribution in [3.8, 4) is 11.6 Å². The number of carbonyl (C=O) groups is 2. The van der Waals surface area contributed by atoms with Crippen LogP contribution in [0, 0.1) is 18.6 Å². The fraction of sp³-hybridized carbons (Fsp3) is 0.476. The lowest BCUT2D eigenvalue weighted by Crippen LogP contribution is -2.31. The SMILES string of the molecule is CCN(CCO)CCCCNC(=O)Nc1snc(OCc2cc(F)c(C)cc2F)c1OC(N)=O. The summed E-state index contributed by atoms with van der Waals surface area (Å²) in [4.78, 5) is 25.6. The summed E-state index contributed by atoms with van der Waals surface area (Å²) in [5, 5.41) is 14.2. The van der Waals surface area contributed by atoms with Crippen LogP contribution in [0.1, 0.15) is 30.9 Å². The standard InChI is InChI=1S/C21H29F2N5O5S/c1-3-28(8-9-29)7-5-4-6-25-21(31)26-19-17(33-20(24)30)18(27-34-19)32-12-14-11-15(22)13(2)10-16(14)23/h10-11,29H,3-9,12H2,1-2H3,(H2,24,30)(H2,25,26,31). The normalized spacial score (nSPS) is 10.9. The molecule has 1 aromatic heterocycles. The predicted molar refractivity (Wildman–Crippen MR) is 123 cm³/mol. The second kappa shape index (κ2) is 13.6. The van der Waals surface area contributed by atoms with E-state index in [9.17, 15) is 18.4 Å². The number of anilines is 1. The molecule has 10 nitrogen and oxygen atoms in total. The highest BCUT2D eigenvalue weighted by Crippen LogP contribution is 2.39. The quantitative estimate of drug-likeness (QED) is 0.310. The minimum absolute atomic E-state index is 0.0574. The maximum atomic E-state index is 14.0. The van der Waals surface area contributed by atoms with E-state index in [0.717, 1.165) is 49.6 Å². The minimum atomic E-state index is -1.16. The number of aliphatic hydroxyl groups excluding tert-OH is 1. The van der Waals surface area contributed by atoms with E-state index >= 15 is 0 Å². The van der Waals surface area contributed by atoms with Gasteiger partial charge in [0.1, 0.15) is 18.2 Å². The molecular formula is C21H29F2N5O5S. The van der Waals surface area contributed by atoms with Crippen molar-refractivity contribution in [2.45, 2.75) is 33.3 Å². The summed E-state index contributed by atoms with van der Waals surface area (Å²) in [7, 11) is 0. The van der Waals surface area contributed by atoms with Gasteiger partial charge in [0, 0.05) is 18.7 Å². The first-order valence-corrected chi connectivity index (χ1v) is 11.4. The molecule has 0 aliphatic heterocycles. The summed E-state index contributed by atoms with van der Waals surface area (Å²) in [6.07, 6.45) is 0.388. The molecule has 188 valence electrons. The lowest BCUT2D eigenvalue weighted by molar-refractivity contribution is 0.199. The summed E-state index contributed by atoms with van der Waals surface area (Å²) < 4.78 is 42.1. The molecule has 1 heterocycles. The van der Waals surface area contributed by atoms with Crippen LogP contribution in [0.3, 0.4) is 0 Å². The number of nitrogens with one attached hydrogen (secondary N) is 2. The number of carbonyl (C=O) groups excluding carboxylic acids is 2. The van der Waals surface area contributed by atoms with Gasteiger partial charge in [-0.2, -0.15) is 0 Å². The second-order valence-corrected chi connectivity index (χ2v) is 8.07. The van der Waals surface area contributed by atoms with Gasteiger partial charge in [0.05, 0.1) is 6.61 Å².